The number of aliphatic carboxylic acids is 1. The molecule has 0 heterocycles. The van der Waals surface area contributed by atoms with Crippen LogP contribution in [0.25, 0.3) is 0 Å². The van der Waals surface area contributed by atoms with E-state index in [1.54, 1.807) is 0 Å². The molecule has 0 bridgehead atoms. The molecule has 0 aromatic carbocycles. The first kappa shape index (κ1) is 28.3. The summed E-state index contributed by atoms with van der Waals surface area (Å²) in [6, 6.07) is 0. The Bertz CT molecular complexity index is 404. The number of nitrogens with zero attached hydrogens (tertiary/aromatic N) is 2. The van der Waals surface area contributed by atoms with E-state index in [1.807, 2.05) is 21.1 Å². The predicted octanol–water partition coefficient (Wildman–Crippen LogP) is 3.61. The summed E-state index contributed by atoms with van der Waals surface area (Å²) in [5, 5.41) is 29.1. The van der Waals surface area contributed by atoms with Crippen molar-refractivity contribution in [2.24, 2.45) is 0 Å². The van der Waals surface area contributed by atoms with Crippen LogP contribution in [0.3, 0.4) is 0 Å². The van der Waals surface area contributed by atoms with E-state index in [9.17, 15) is 20.1 Å². The highest BCUT2D eigenvalue weighted by atomic mass is 16.4. The van der Waals surface area contributed by atoms with E-state index < -0.39 is 12.1 Å². The molecule has 0 aromatic heterocycles. The zero-order valence-corrected chi connectivity index (χ0v) is 19.7. The fourth-order valence-corrected chi connectivity index (χ4v) is 4.67. The summed E-state index contributed by atoms with van der Waals surface area (Å²) in [4.78, 5) is 12.1. The molecular formula is C23H50N2O4+2. The van der Waals surface area contributed by atoms with Crippen LogP contribution in [0, 0.1) is 0 Å². The van der Waals surface area contributed by atoms with Gasteiger partial charge in [-0.1, -0.05) is 71.1 Å². The summed E-state index contributed by atoms with van der Waals surface area (Å²) in [5.74, 6) is -0.863. The molecule has 0 radical (unpaired) electrons. The van der Waals surface area contributed by atoms with Gasteiger partial charge in [0.1, 0.15) is 13.1 Å². The molecule has 174 valence electrons. The molecule has 6 heteroatoms. The lowest BCUT2D eigenvalue weighted by molar-refractivity contribution is -1.10. The summed E-state index contributed by atoms with van der Waals surface area (Å²) >= 11 is 0. The molecule has 1 unspecified atom stereocenters. The first-order chi connectivity index (χ1) is 13.7. The summed E-state index contributed by atoms with van der Waals surface area (Å²) in [6.07, 6.45) is 14.5. The predicted molar refractivity (Wildman–Crippen MR) is 120 cm³/mol. The maximum Gasteiger partial charge on any atom is 0.423 e. The third-order valence-electron chi connectivity index (χ3n) is 6.02. The van der Waals surface area contributed by atoms with E-state index in [-0.39, 0.29) is 22.2 Å². The number of quaternary nitrogens is 2. The molecule has 0 rings (SSSR count). The van der Waals surface area contributed by atoms with E-state index in [2.05, 4.69) is 6.92 Å². The molecule has 3 N–H and O–H groups in total. The zero-order valence-electron chi connectivity index (χ0n) is 19.7. The molecule has 1 atom stereocenters. The molecule has 6 nitrogen and oxygen atoms in total. The van der Waals surface area contributed by atoms with Crippen molar-refractivity contribution in [3.63, 3.8) is 0 Å². The molecule has 0 saturated carbocycles. The average molecular weight is 419 g/mol. The number of carbonyl (C=O) groups is 1. The van der Waals surface area contributed by atoms with Crippen LogP contribution in [0.4, 0.5) is 0 Å². The Morgan fingerprint density at radius 3 is 1.38 bits per heavy atom. The van der Waals surface area contributed by atoms with Gasteiger partial charge < -0.3 is 15.3 Å². The summed E-state index contributed by atoms with van der Waals surface area (Å²) in [7, 11) is 5.63. The molecule has 0 spiro atoms. The van der Waals surface area contributed by atoms with Gasteiger partial charge in [-0.25, -0.2) is 4.79 Å². The number of unbranched alkanes of at least 4 members (excludes halogenated alkanes) is 11. The van der Waals surface area contributed by atoms with Gasteiger partial charge in [-0.2, -0.15) is 0 Å². The van der Waals surface area contributed by atoms with Crippen molar-refractivity contribution < 1.29 is 29.1 Å². The first-order valence-corrected chi connectivity index (χ1v) is 11.9. The third kappa shape index (κ3) is 11.9. The van der Waals surface area contributed by atoms with E-state index in [0.29, 0.717) is 19.6 Å². The van der Waals surface area contributed by atoms with Gasteiger partial charge in [0, 0.05) is 0 Å². The second-order valence-electron chi connectivity index (χ2n) is 9.55. The first-order valence-electron chi connectivity index (χ1n) is 11.9. The lowest BCUT2D eigenvalue weighted by Gasteiger charge is -2.46. The van der Waals surface area contributed by atoms with Crippen molar-refractivity contribution in [3.8, 4) is 0 Å². The second-order valence-corrected chi connectivity index (χ2v) is 9.55. The van der Waals surface area contributed by atoms with Crippen LogP contribution in [0.1, 0.15) is 84.0 Å². The van der Waals surface area contributed by atoms with Crippen LogP contribution < -0.4 is 0 Å². The number of likely N-dealkylation sites (N-methyl/N-ethyl adjacent to an activating group) is 1. The number of carboxylic acids is 1. The molecule has 0 fully saturated rings. The van der Waals surface area contributed by atoms with Gasteiger partial charge in [0.2, 0.25) is 0 Å². The van der Waals surface area contributed by atoms with Gasteiger partial charge in [0.25, 0.3) is 0 Å². The van der Waals surface area contributed by atoms with Crippen LogP contribution >= 0.6 is 0 Å². The van der Waals surface area contributed by atoms with Crippen molar-refractivity contribution in [1.82, 2.24) is 0 Å². The highest BCUT2D eigenvalue weighted by Gasteiger charge is 2.49. The number of aliphatic hydroxyl groups is 2. The fraction of sp³-hybridized carbons (Fsp3) is 0.957. The maximum absolute atomic E-state index is 12.1. The third-order valence-corrected chi connectivity index (χ3v) is 6.02. The highest BCUT2D eigenvalue weighted by molar-refractivity contribution is 5.70. The van der Waals surface area contributed by atoms with Crippen molar-refractivity contribution in [3.05, 3.63) is 0 Å². The Morgan fingerprint density at radius 2 is 1.07 bits per heavy atom. The Balaban J connectivity index is 4.40. The highest BCUT2D eigenvalue weighted by Crippen LogP contribution is 2.22. The summed E-state index contributed by atoms with van der Waals surface area (Å²) in [5.41, 5.74) is 0. The summed E-state index contributed by atoms with van der Waals surface area (Å²) < 4.78 is 0.511. The number of hydrogen-bond acceptors (Lipinski definition) is 3. The Morgan fingerprint density at radius 1 is 0.690 bits per heavy atom. The normalized spacial score (nSPS) is 13.6. The van der Waals surface area contributed by atoms with Gasteiger partial charge in [-0.15, -0.1) is 0 Å². The van der Waals surface area contributed by atoms with Crippen molar-refractivity contribution in [2.75, 3.05) is 54.0 Å². The SMILES string of the molecule is CCCCCCCCCCCCCC[N+](CCO)(CCO)C(C(=O)O)[N+](C)(C)C. The number of rotatable bonds is 20. The number of hydrogen-bond donors (Lipinski definition) is 3. The minimum Gasteiger partial charge on any atom is -0.472 e. The van der Waals surface area contributed by atoms with Gasteiger partial charge in [0.05, 0.1) is 40.9 Å². The molecule has 0 aliphatic heterocycles. The summed E-state index contributed by atoms with van der Waals surface area (Å²) in [6.45, 7) is 3.53. The molecule has 0 aliphatic rings. The van der Waals surface area contributed by atoms with E-state index in [4.69, 9.17) is 0 Å². The molecular weight excluding hydrogens is 368 g/mol. The minimum atomic E-state index is -0.863. The van der Waals surface area contributed by atoms with Gasteiger partial charge >= 0.3 is 12.1 Å². The molecule has 0 amide bonds. The quantitative estimate of drug-likeness (QED) is 0.160. The molecule has 0 aromatic rings. The van der Waals surface area contributed by atoms with Gasteiger partial charge in [-0.05, 0) is 12.8 Å². The van der Waals surface area contributed by atoms with Gasteiger partial charge in [0.15, 0.2) is 0 Å². The number of aliphatic hydroxyl groups excluding tert-OH is 2. The Labute approximate surface area is 179 Å². The van der Waals surface area contributed by atoms with Crippen molar-refractivity contribution in [1.29, 1.82) is 0 Å². The molecule has 0 aliphatic carbocycles. The van der Waals surface area contributed by atoms with Crippen molar-refractivity contribution in [2.45, 2.75) is 90.1 Å². The van der Waals surface area contributed by atoms with Crippen LogP contribution in [0.5, 0.6) is 0 Å². The maximum atomic E-state index is 12.1. The molecule has 0 saturated heterocycles. The average Bonchev–Trinajstić information content (AvgIpc) is 2.61. The van der Waals surface area contributed by atoms with E-state index >= 15 is 0 Å². The topological polar surface area (TPSA) is 77.8 Å². The molecule has 29 heavy (non-hydrogen) atoms. The van der Waals surface area contributed by atoms with Crippen LogP contribution in [-0.4, -0.2) is 90.4 Å². The second kappa shape index (κ2) is 16.1. The van der Waals surface area contributed by atoms with Crippen LogP contribution in [0.2, 0.25) is 0 Å². The Hall–Kier alpha value is -0.690. The van der Waals surface area contributed by atoms with Crippen molar-refractivity contribution >= 4 is 5.97 Å². The standard InChI is InChI=1S/C23H49N2O4/c1-5-6-7-8-9-10-11-12-13-14-15-16-17-25(18-20-26,19-21-27)22(23(28)29)24(2,3)4/h22,26-27H,5-21H2,1-4H3/q+1/p+1. The Kier molecular flexibility index (Phi) is 15.7. The largest absolute Gasteiger partial charge is 0.472 e. The van der Waals surface area contributed by atoms with Crippen LogP contribution in [0.15, 0.2) is 0 Å². The lowest BCUT2D eigenvalue weighted by Crippen LogP contribution is -2.71. The number of carboxylic acid groups (broad SMARTS) is 1. The van der Waals surface area contributed by atoms with E-state index in [1.165, 1.54) is 64.2 Å². The van der Waals surface area contributed by atoms with Gasteiger partial charge in [-0.3, -0.25) is 8.97 Å². The van der Waals surface area contributed by atoms with Crippen LogP contribution in [-0.2, 0) is 4.79 Å². The van der Waals surface area contributed by atoms with E-state index in [0.717, 1.165) is 12.8 Å². The fourth-order valence-electron chi connectivity index (χ4n) is 4.67. The zero-order chi connectivity index (χ0) is 22.2. The lowest BCUT2D eigenvalue weighted by atomic mass is 10.0. The smallest absolute Gasteiger partial charge is 0.423 e. The minimum absolute atomic E-state index is 0.0674. The monoisotopic (exact) mass is 418 g/mol.